The Morgan fingerprint density at radius 1 is 1.20 bits per heavy atom. The molecule has 162 valence electrons. The first-order chi connectivity index (χ1) is 14.7. The lowest BCUT2D eigenvalue weighted by molar-refractivity contribution is 0.0782. The number of benzene rings is 1. The summed E-state index contributed by atoms with van der Waals surface area (Å²) in [5.41, 5.74) is 1.12. The number of hydrogen-bond donors (Lipinski definition) is 1. The molecule has 0 spiro atoms. The maximum atomic E-state index is 13.1. The zero-order valence-corrected chi connectivity index (χ0v) is 18.1. The monoisotopic (exact) mass is 431 g/mol. The molecule has 2 aliphatic heterocycles. The summed E-state index contributed by atoms with van der Waals surface area (Å²) in [5, 5.41) is 5.31. The number of nitrogens with zero attached hydrogens (tertiary/aromatic N) is 2. The molecule has 2 amide bonds. The number of carbonyl (C=O) groups is 1. The van der Waals surface area contributed by atoms with Crippen LogP contribution in [-0.4, -0.2) is 54.2 Å². The van der Waals surface area contributed by atoms with E-state index in [-0.39, 0.29) is 24.0 Å². The molecule has 1 aromatic heterocycles. The van der Waals surface area contributed by atoms with E-state index >= 15 is 0 Å². The summed E-state index contributed by atoms with van der Waals surface area (Å²) in [4.78, 5) is 18.5. The van der Waals surface area contributed by atoms with Crippen molar-refractivity contribution >= 4 is 17.4 Å². The zero-order chi connectivity index (χ0) is 20.8. The summed E-state index contributed by atoms with van der Waals surface area (Å²) >= 11 is 1.68. The molecule has 0 aliphatic carbocycles. The minimum atomic E-state index is -0.199. The number of thiophene rings is 1. The van der Waals surface area contributed by atoms with Gasteiger partial charge in [-0.3, -0.25) is 4.90 Å². The van der Waals surface area contributed by atoms with Crippen LogP contribution in [0.1, 0.15) is 36.1 Å². The quantitative estimate of drug-likeness (QED) is 0.713. The van der Waals surface area contributed by atoms with Crippen molar-refractivity contribution in [3.63, 3.8) is 0 Å². The van der Waals surface area contributed by atoms with Crippen LogP contribution in [0.3, 0.4) is 0 Å². The number of hydrogen-bond acceptors (Lipinski definition) is 4. The van der Waals surface area contributed by atoms with Crippen molar-refractivity contribution in [2.24, 2.45) is 0 Å². The maximum absolute atomic E-state index is 13.1. The van der Waals surface area contributed by atoms with Gasteiger partial charge >= 0.3 is 6.03 Å². The van der Waals surface area contributed by atoms with Crippen molar-refractivity contribution in [1.82, 2.24) is 15.1 Å². The van der Waals surface area contributed by atoms with Crippen LogP contribution in [0.25, 0.3) is 0 Å². The molecule has 7 heteroatoms. The van der Waals surface area contributed by atoms with Crippen molar-refractivity contribution in [2.45, 2.75) is 50.9 Å². The second kappa shape index (κ2) is 10.4. The maximum Gasteiger partial charge on any atom is 0.318 e. The third kappa shape index (κ3) is 6.03. The second-order valence-electron chi connectivity index (χ2n) is 8.22. The van der Waals surface area contributed by atoms with Crippen LogP contribution in [0, 0.1) is 5.82 Å². The number of piperidine rings is 1. The van der Waals surface area contributed by atoms with Gasteiger partial charge in [-0.15, -0.1) is 11.3 Å². The first-order valence-electron chi connectivity index (χ1n) is 10.8. The summed E-state index contributed by atoms with van der Waals surface area (Å²) in [5.74, 6) is -0.199. The van der Waals surface area contributed by atoms with Crippen LogP contribution in [0.15, 0.2) is 41.8 Å². The highest BCUT2D eigenvalue weighted by Gasteiger charge is 2.26. The van der Waals surface area contributed by atoms with Crippen LogP contribution in [0.5, 0.6) is 0 Å². The number of rotatable bonds is 7. The molecule has 5 nitrogen and oxygen atoms in total. The molecule has 2 fully saturated rings. The van der Waals surface area contributed by atoms with Gasteiger partial charge in [0.15, 0.2) is 0 Å². The Balaban J connectivity index is 1.27. The first kappa shape index (κ1) is 21.3. The molecule has 0 saturated carbocycles. The van der Waals surface area contributed by atoms with Crippen molar-refractivity contribution < 1.29 is 13.9 Å². The smallest absolute Gasteiger partial charge is 0.318 e. The molecule has 30 heavy (non-hydrogen) atoms. The Bertz CT molecular complexity index is 785. The summed E-state index contributed by atoms with van der Waals surface area (Å²) in [6, 6.07) is 11.0. The highest BCUT2D eigenvalue weighted by Crippen LogP contribution is 2.19. The Morgan fingerprint density at radius 3 is 2.67 bits per heavy atom. The average molecular weight is 432 g/mol. The molecule has 2 saturated heterocycles. The molecule has 2 aromatic rings. The number of nitrogens with one attached hydrogen (secondary N) is 1. The lowest BCUT2D eigenvalue weighted by Crippen LogP contribution is -2.50. The molecule has 1 aromatic carbocycles. The summed E-state index contributed by atoms with van der Waals surface area (Å²) < 4.78 is 18.9. The largest absolute Gasteiger partial charge is 0.376 e. The van der Waals surface area contributed by atoms with Crippen LogP contribution in [0.2, 0.25) is 0 Å². The van der Waals surface area contributed by atoms with Gasteiger partial charge in [-0.25, -0.2) is 9.18 Å². The number of urea groups is 1. The third-order valence-electron chi connectivity index (χ3n) is 5.90. The van der Waals surface area contributed by atoms with Gasteiger partial charge in [0.1, 0.15) is 5.82 Å². The van der Waals surface area contributed by atoms with Crippen LogP contribution >= 0.6 is 11.3 Å². The highest BCUT2D eigenvalue weighted by molar-refractivity contribution is 7.09. The second-order valence-corrected chi connectivity index (χ2v) is 9.25. The Morgan fingerprint density at radius 2 is 2.00 bits per heavy atom. The first-order valence-corrected chi connectivity index (χ1v) is 11.7. The molecule has 3 heterocycles. The fraction of sp³-hybridized carbons (Fsp3) is 0.522. The molecule has 1 atom stereocenters. The van der Waals surface area contributed by atoms with E-state index in [2.05, 4.69) is 16.3 Å². The SMILES string of the molecule is O=C(NC1CCN(Cc2ccc(F)cc2)CC1)N(Cc1cccs1)CC1CCCO1. The van der Waals surface area contributed by atoms with Crippen molar-refractivity contribution in [3.05, 3.63) is 58.0 Å². The van der Waals surface area contributed by atoms with E-state index in [1.807, 2.05) is 28.5 Å². The number of amides is 2. The number of halogens is 1. The molecule has 2 aliphatic rings. The molecule has 0 bridgehead atoms. The van der Waals surface area contributed by atoms with Crippen molar-refractivity contribution in [1.29, 1.82) is 0 Å². The van der Waals surface area contributed by atoms with Gasteiger partial charge in [-0.1, -0.05) is 18.2 Å². The van der Waals surface area contributed by atoms with Crippen molar-refractivity contribution in [3.8, 4) is 0 Å². The van der Waals surface area contributed by atoms with E-state index in [1.54, 1.807) is 11.3 Å². The minimum absolute atomic E-state index is 0.0101. The van der Waals surface area contributed by atoms with Gasteiger partial charge in [0, 0.05) is 43.7 Å². The van der Waals surface area contributed by atoms with E-state index in [9.17, 15) is 9.18 Å². The van der Waals surface area contributed by atoms with Gasteiger partial charge in [0.25, 0.3) is 0 Å². The lowest BCUT2D eigenvalue weighted by atomic mass is 10.0. The van der Waals surface area contributed by atoms with Crippen LogP contribution in [0.4, 0.5) is 9.18 Å². The fourth-order valence-corrected chi connectivity index (χ4v) is 4.91. The molecule has 1 N–H and O–H groups in total. The summed E-state index contributed by atoms with van der Waals surface area (Å²) in [6.07, 6.45) is 4.11. The molecular formula is C23H30FN3O2S. The summed E-state index contributed by atoms with van der Waals surface area (Å²) in [6.45, 7) is 4.76. The van der Waals surface area contributed by atoms with Crippen LogP contribution in [-0.2, 0) is 17.8 Å². The number of carbonyl (C=O) groups excluding carboxylic acids is 1. The van der Waals surface area contributed by atoms with E-state index in [0.717, 1.165) is 57.5 Å². The van der Waals surface area contributed by atoms with Gasteiger partial charge in [0.2, 0.25) is 0 Å². The molecular weight excluding hydrogens is 401 g/mol. The van der Waals surface area contributed by atoms with Gasteiger partial charge in [0.05, 0.1) is 12.6 Å². The zero-order valence-electron chi connectivity index (χ0n) is 17.3. The number of ether oxygens (including phenoxy) is 1. The number of likely N-dealkylation sites (tertiary alicyclic amines) is 1. The topological polar surface area (TPSA) is 44.8 Å². The summed E-state index contributed by atoms with van der Waals surface area (Å²) in [7, 11) is 0. The normalized spacial score (nSPS) is 20.4. The van der Waals surface area contributed by atoms with Crippen LogP contribution < -0.4 is 5.32 Å². The van der Waals surface area contributed by atoms with E-state index < -0.39 is 0 Å². The average Bonchev–Trinajstić information content (AvgIpc) is 3.45. The lowest BCUT2D eigenvalue weighted by Gasteiger charge is -2.34. The molecule has 0 radical (unpaired) electrons. The Labute approximate surface area is 181 Å². The molecule has 1 unspecified atom stereocenters. The Kier molecular flexibility index (Phi) is 7.36. The molecule has 4 rings (SSSR count). The van der Waals surface area contributed by atoms with Crippen molar-refractivity contribution in [2.75, 3.05) is 26.2 Å². The van der Waals surface area contributed by atoms with E-state index in [0.29, 0.717) is 13.1 Å². The predicted molar refractivity (Wildman–Crippen MR) is 117 cm³/mol. The van der Waals surface area contributed by atoms with E-state index in [4.69, 9.17) is 4.74 Å². The Hall–Kier alpha value is -1.96. The highest BCUT2D eigenvalue weighted by atomic mass is 32.1. The third-order valence-corrected chi connectivity index (χ3v) is 6.76. The van der Waals surface area contributed by atoms with Gasteiger partial charge in [-0.2, -0.15) is 0 Å². The van der Waals surface area contributed by atoms with E-state index in [1.165, 1.54) is 17.0 Å². The van der Waals surface area contributed by atoms with Gasteiger partial charge in [-0.05, 0) is 54.8 Å². The predicted octanol–water partition coefficient (Wildman–Crippen LogP) is 4.24. The minimum Gasteiger partial charge on any atom is -0.376 e. The van der Waals surface area contributed by atoms with Gasteiger partial charge < -0.3 is 15.0 Å². The standard InChI is InChI=1S/C23H30FN3O2S/c24-19-7-5-18(6-8-19)15-26-11-9-20(10-12-26)25-23(28)27(16-21-3-1-13-29-21)17-22-4-2-14-30-22/h2,4-8,14,20-21H,1,3,9-13,15-17H2,(H,25,28). The fourth-order valence-electron chi connectivity index (χ4n) is 4.19.